The number of anilines is 1. The highest BCUT2D eigenvalue weighted by Gasteiger charge is 2.19. The van der Waals surface area contributed by atoms with Crippen molar-refractivity contribution >= 4 is 37.4 Å². The van der Waals surface area contributed by atoms with Gasteiger partial charge in [0.1, 0.15) is 0 Å². The monoisotopic (exact) mass is 329 g/mol. The molecule has 0 radical (unpaired) electrons. The van der Waals surface area contributed by atoms with Gasteiger partial charge in [0.2, 0.25) is 0 Å². The second kappa shape index (κ2) is 7.29. The number of hydrogen-bond acceptors (Lipinski definition) is 4. The molecule has 4 nitrogen and oxygen atoms in total. The molecule has 2 aromatic rings. The lowest BCUT2D eigenvalue weighted by atomic mass is 9.92. The first kappa shape index (κ1) is 16.2. The minimum absolute atomic E-state index is 0.734. The average molecular weight is 329 g/mol. The van der Waals surface area contributed by atoms with Crippen molar-refractivity contribution in [1.29, 1.82) is 0 Å². The average Bonchev–Trinajstić information content (AvgIpc) is 2.99. The van der Waals surface area contributed by atoms with Crippen molar-refractivity contribution in [2.75, 3.05) is 18.8 Å². The van der Waals surface area contributed by atoms with Crippen LogP contribution in [0.4, 0.5) is 5.69 Å². The van der Waals surface area contributed by atoms with E-state index in [4.69, 9.17) is 10.3 Å². The Morgan fingerprint density at radius 3 is 2.91 bits per heavy atom. The fraction of sp³-hybridized carbons (Fsp3) is 0.444. The molecule has 23 heavy (non-hydrogen) atoms. The third kappa shape index (κ3) is 3.49. The number of hydrogen-bond donors (Lipinski definition) is 1. The number of rotatable bonds is 5. The Balaban J connectivity index is 1.72. The van der Waals surface area contributed by atoms with Gasteiger partial charge < -0.3 is 10.3 Å². The van der Waals surface area contributed by atoms with E-state index in [1.54, 1.807) is 0 Å². The van der Waals surface area contributed by atoms with Gasteiger partial charge in [-0.1, -0.05) is 23.6 Å². The molecule has 1 aliphatic rings. The summed E-state index contributed by atoms with van der Waals surface area (Å²) in [4.78, 5) is 0. The molecular weight excluding hydrogens is 305 g/mol. The fourth-order valence-electron chi connectivity index (χ4n) is 3.30. The normalized spacial score (nSPS) is 17.6. The molecule has 0 bridgehead atoms. The molecule has 1 aromatic carbocycles. The number of aryl methyl sites for hydroxylation is 1. The number of aromatic nitrogens is 1. The van der Waals surface area contributed by atoms with Gasteiger partial charge in [0.05, 0.1) is 5.69 Å². The van der Waals surface area contributed by atoms with Crippen molar-refractivity contribution in [2.45, 2.75) is 32.6 Å². The summed E-state index contributed by atoms with van der Waals surface area (Å²) >= 11 is 0. The maximum absolute atomic E-state index is 6.05. The molecule has 122 valence electrons. The summed E-state index contributed by atoms with van der Waals surface area (Å²) in [5.74, 6) is 0.781. The molecule has 0 saturated carbocycles. The zero-order chi connectivity index (χ0) is 16.2. The van der Waals surface area contributed by atoms with E-state index in [0.717, 1.165) is 61.7 Å². The van der Waals surface area contributed by atoms with Crippen LogP contribution in [0.1, 0.15) is 37.4 Å². The third-order valence-electron chi connectivity index (χ3n) is 4.70. The zero-order valence-corrected chi connectivity index (χ0v) is 14.6. The van der Waals surface area contributed by atoms with Gasteiger partial charge in [0, 0.05) is 29.7 Å². The number of fused-ring (bicyclic) bond motifs is 1. The first-order valence-electron chi connectivity index (χ1n) is 8.24. The highest BCUT2D eigenvalue weighted by Crippen LogP contribution is 2.30. The van der Waals surface area contributed by atoms with Crippen LogP contribution in [0, 0.1) is 5.92 Å². The lowest BCUT2D eigenvalue weighted by Gasteiger charge is -2.28. The number of benzene rings is 1. The van der Waals surface area contributed by atoms with Gasteiger partial charge in [-0.25, -0.2) is 0 Å². The van der Waals surface area contributed by atoms with Crippen molar-refractivity contribution < 1.29 is 4.52 Å². The van der Waals surface area contributed by atoms with Crippen LogP contribution in [-0.4, -0.2) is 29.2 Å². The Bertz CT molecular complexity index is 714. The minimum atomic E-state index is 0.734. The van der Waals surface area contributed by atoms with E-state index in [0.29, 0.717) is 0 Å². The smallest absolute Gasteiger partial charge is 0.176 e. The molecule has 1 aromatic heterocycles. The molecule has 0 amide bonds. The van der Waals surface area contributed by atoms with Crippen molar-refractivity contribution in [1.82, 2.24) is 9.83 Å². The molecule has 0 unspecified atom stereocenters. The van der Waals surface area contributed by atoms with Crippen molar-refractivity contribution in [3.8, 4) is 0 Å². The Hall–Kier alpha value is -1.64. The minimum Gasteiger partial charge on any atom is -0.398 e. The van der Waals surface area contributed by atoms with Crippen LogP contribution in [0.2, 0.25) is 0 Å². The summed E-state index contributed by atoms with van der Waals surface area (Å²) in [6.07, 6.45) is 12.6. The van der Waals surface area contributed by atoms with Gasteiger partial charge in [-0.15, -0.1) is 0 Å². The molecular formula is C18H24N3OP. The van der Waals surface area contributed by atoms with Crippen LogP contribution in [0.3, 0.4) is 0 Å². The van der Waals surface area contributed by atoms with E-state index in [-0.39, 0.29) is 0 Å². The Morgan fingerprint density at radius 1 is 1.43 bits per heavy atom. The molecule has 0 aliphatic carbocycles. The Labute approximate surface area is 139 Å². The van der Waals surface area contributed by atoms with Gasteiger partial charge in [-0.05, 0) is 59.0 Å². The third-order valence-corrected chi connectivity index (χ3v) is 5.50. The van der Waals surface area contributed by atoms with E-state index in [9.17, 15) is 0 Å². The molecule has 1 aliphatic heterocycles. The molecule has 3 rings (SSSR count). The van der Waals surface area contributed by atoms with Crippen molar-refractivity contribution in [3.63, 3.8) is 0 Å². The van der Waals surface area contributed by atoms with E-state index in [1.807, 2.05) is 31.2 Å². The molecule has 5 heteroatoms. The molecule has 2 heterocycles. The molecule has 1 saturated heterocycles. The van der Waals surface area contributed by atoms with Gasteiger partial charge >= 0.3 is 0 Å². The number of nitrogens with two attached hydrogens (primary N) is 1. The first-order chi connectivity index (χ1) is 11.2. The largest absolute Gasteiger partial charge is 0.398 e. The quantitative estimate of drug-likeness (QED) is 0.653. The van der Waals surface area contributed by atoms with Crippen molar-refractivity contribution in [3.05, 3.63) is 29.5 Å². The topological polar surface area (TPSA) is 55.3 Å². The molecule has 0 spiro atoms. The SMILES string of the molecule is C=PN1CCC(CCc2noc3c(/C=C/C)c(N)ccc23)CC1. The summed E-state index contributed by atoms with van der Waals surface area (Å²) < 4.78 is 7.99. The molecule has 1 fully saturated rings. The maximum Gasteiger partial charge on any atom is 0.176 e. The highest BCUT2D eigenvalue weighted by molar-refractivity contribution is 7.33. The van der Waals surface area contributed by atoms with Gasteiger partial charge in [-0.3, -0.25) is 4.67 Å². The van der Waals surface area contributed by atoms with E-state index in [1.165, 1.54) is 19.3 Å². The van der Waals surface area contributed by atoms with Gasteiger partial charge in [-0.2, -0.15) is 0 Å². The van der Waals surface area contributed by atoms with Crippen LogP contribution in [0.25, 0.3) is 17.0 Å². The summed E-state index contributed by atoms with van der Waals surface area (Å²) in [5, 5.41) is 5.41. The number of nitrogens with zero attached hydrogens (tertiary/aromatic N) is 2. The maximum atomic E-state index is 6.05. The number of nitrogen functional groups attached to an aromatic ring is 1. The van der Waals surface area contributed by atoms with Crippen LogP contribution in [0.15, 0.2) is 22.7 Å². The lowest BCUT2D eigenvalue weighted by molar-refractivity contribution is 0.277. The number of allylic oxidation sites excluding steroid dienone is 1. The van der Waals surface area contributed by atoms with Crippen LogP contribution in [-0.2, 0) is 6.42 Å². The predicted molar refractivity (Wildman–Crippen MR) is 99.8 cm³/mol. The first-order valence-corrected chi connectivity index (χ1v) is 9.27. The predicted octanol–water partition coefficient (Wildman–Crippen LogP) is 4.38. The Morgan fingerprint density at radius 2 is 2.22 bits per heavy atom. The number of piperidine rings is 1. The summed E-state index contributed by atoms with van der Waals surface area (Å²) in [6.45, 7) is 4.31. The second-order valence-corrected chi connectivity index (χ2v) is 7.00. The summed E-state index contributed by atoms with van der Waals surface area (Å²) in [7, 11) is 1.15. The molecule has 2 N–H and O–H groups in total. The van der Waals surface area contributed by atoms with Crippen molar-refractivity contribution in [2.24, 2.45) is 5.92 Å². The summed E-state index contributed by atoms with van der Waals surface area (Å²) in [6, 6.07) is 3.98. The van der Waals surface area contributed by atoms with Crippen LogP contribution >= 0.6 is 8.35 Å². The van der Waals surface area contributed by atoms with E-state index in [2.05, 4.69) is 16.1 Å². The highest BCUT2D eigenvalue weighted by atomic mass is 31.1. The fourth-order valence-corrected chi connectivity index (χ4v) is 3.81. The second-order valence-electron chi connectivity index (χ2n) is 6.15. The summed E-state index contributed by atoms with van der Waals surface area (Å²) in [5.41, 5.74) is 9.59. The zero-order valence-electron chi connectivity index (χ0n) is 13.7. The van der Waals surface area contributed by atoms with E-state index >= 15 is 0 Å². The van der Waals surface area contributed by atoms with E-state index < -0.39 is 0 Å². The lowest BCUT2D eigenvalue weighted by Crippen LogP contribution is -2.26. The van der Waals surface area contributed by atoms with Crippen LogP contribution < -0.4 is 5.73 Å². The van der Waals surface area contributed by atoms with Gasteiger partial charge in [0.25, 0.3) is 0 Å². The molecule has 0 atom stereocenters. The Kier molecular flexibility index (Phi) is 5.14. The van der Waals surface area contributed by atoms with Gasteiger partial charge in [0.15, 0.2) is 5.58 Å². The standard InChI is InChI=1S/C18H24N3OP/c1-3-4-14-16(19)7-6-15-17(20-22-18(14)15)8-5-13-9-11-21(23-2)12-10-13/h3-4,6-7,13H,2,5,8-12,19H2,1H3/b4-3+. The van der Waals surface area contributed by atoms with Crippen LogP contribution in [0.5, 0.6) is 0 Å².